The molecule has 0 aromatic carbocycles. The lowest BCUT2D eigenvalue weighted by atomic mass is 9.86. The number of carbonyl (C=O) groups excluding carboxylic acids is 1. The summed E-state index contributed by atoms with van der Waals surface area (Å²) in [5, 5.41) is 12.4. The van der Waals surface area contributed by atoms with Crippen LogP contribution in [-0.2, 0) is 0 Å². The van der Waals surface area contributed by atoms with Crippen LogP contribution in [0.1, 0.15) is 36.0 Å². The first-order valence-corrected chi connectivity index (χ1v) is 6.59. The first-order valence-electron chi connectivity index (χ1n) is 6.22. The van der Waals surface area contributed by atoms with Gasteiger partial charge >= 0.3 is 0 Å². The Bertz CT molecular complexity index is 417. The Morgan fingerprint density at radius 2 is 2.17 bits per heavy atom. The van der Waals surface area contributed by atoms with Gasteiger partial charge in [-0.25, -0.2) is 0 Å². The summed E-state index contributed by atoms with van der Waals surface area (Å²) in [5.41, 5.74) is 0.468. The molecule has 0 spiro atoms. The van der Waals surface area contributed by atoms with Crippen molar-refractivity contribution in [3.05, 3.63) is 29.0 Å². The zero-order valence-corrected chi connectivity index (χ0v) is 10.9. The highest BCUT2D eigenvalue weighted by atomic mass is 35.5. The fraction of sp³-hybridized carbons (Fsp3) is 0.538. The van der Waals surface area contributed by atoms with Crippen molar-refractivity contribution in [3.8, 4) is 0 Å². The summed E-state index contributed by atoms with van der Waals surface area (Å²) in [6.45, 7) is 0.247. The van der Waals surface area contributed by atoms with E-state index < -0.39 is 0 Å². The maximum Gasteiger partial charge on any atom is 0.253 e. The van der Waals surface area contributed by atoms with Crippen molar-refractivity contribution < 1.29 is 9.90 Å². The van der Waals surface area contributed by atoms with Crippen LogP contribution in [0.3, 0.4) is 0 Å². The van der Waals surface area contributed by atoms with Gasteiger partial charge in [-0.15, -0.1) is 0 Å². The Labute approximate surface area is 111 Å². The van der Waals surface area contributed by atoms with Crippen molar-refractivity contribution in [2.75, 3.05) is 6.61 Å². The number of carbonyl (C=O) groups is 1. The Morgan fingerprint density at radius 1 is 1.44 bits per heavy atom. The van der Waals surface area contributed by atoms with Crippen molar-refractivity contribution in [1.82, 2.24) is 10.3 Å². The summed E-state index contributed by atoms with van der Waals surface area (Å²) < 4.78 is 0. The molecular weight excluding hydrogens is 252 g/mol. The summed E-state index contributed by atoms with van der Waals surface area (Å²) in [4.78, 5) is 15.9. The van der Waals surface area contributed by atoms with E-state index in [9.17, 15) is 4.79 Å². The van der Waals surface area contributed by atoms with Crippen LogP contribution in [0.25, 0.3) is 0 Å². The third-order valence-corrected chi connectivity index (χ3v) is 3.76. The van der Waals surface area contributed by atoms with Crippen molar-refractivity contribution >= 4 is 17.5 Å². The molecule has 0 bridgehead atoms. The molecular formula is C13H17ClN2O2. The number of halogens is 1. The minimum absolute atomic E-state index is 0.144. The molecule has 18 heavy (non-hydrogen) atoms. The molecule has 0 saturated heterocycles. The molecule has 1 amide bonds. The van der Waals surface area contributed by atoms with Gasteiger partial charge in [0.2, 0.25) is 0 Å². The summed E-state index contributed by atoms with van der Waals surface area (Å²) >= 11 is 5.93. The molecule has 0 radical (unpaired) electrons. The normalized spacial score (nSPS) is 23.7. The number of pyridine rings is 1. The second kappa shape index (κ2) is 6.16. The first-order chi connectivity index (χ1) is 8.70. The highest BCUT2D eigenvalue weighted by Gasteiger charge is 2.22. The second-order valence-corrected chi connectivity index (χ2v) is 5.14. The van der Waals surface area contributed by atoms with Gasteiger partial charge in [0, 0.05) is 25.0 Å². The van der Waals surface area contributed by atoms with Crippen LogP contribution in [0, 0.1) is 5.92 Å². The van der Waals surface area contributed by atoms with E-state index in [1.807, 2.05) is 0 Å². The maximum absolute atomic E-state index is 12.0. The van der Waals surface area contributed by atoms with Gasteiger partial charge < -0.3 is 10.4 Å². The lowest BCUT2D eigenvalue weighted by Gasteiger charge is -2.28. The van der Waals surface area contributed by atoms with Crippen LogP contribution < -0.4 is 5.32 Å². The molecule has 0 aliphatic heterocycles. The molecule has 0 unspecified atom stereocenters. The molecule has 2 rings (SSSR count). The Morgan fingerprint density at radius 3 is 2.78 bits per heavy atom. The van der Waals surface area contributed by atoms with E-state index >= 15 is 0 Å². The molecule has 1 aliphatic carbocycles. The smallest absolute Gasteiger partial charge is 0.253 e. The molecule has 0 atom stereocenters. The predicted octanol–water partition coefficient (Wildman–Crippen LogP) is 2.02. The minimum atomic E-state index is -0.144. The summed E-state index contributed by atoms with van der Waals surface area (Å²) in [7, 11) is 0. The third kappa shape index (κ3) is 3.21. The number of aliphatic hydroxyl groups excluding tert-OH is 1. The van der Waals surface area contributed by atoms with Gasteiger partial charge in [-0.2, -0.15) is 0 Å². The van der Waals surface area contributed by atoms with Crippen LogP contribution in [0.5, 0.6) is 0 Å². The second-order valence-electron chi connectivity index (χ2n) is 4.73. The Balaban J connectivity index is 1.91. The van der Waals surface area contributed by atoms with Crippen molar-refractivity contribution in [2.45, 2.75) is 31.7 Å². The van der Waals surface area contributed by atoms with E-state index in [2.05, 4.69) is 10.3 Å². The van der Waals surface area contributed by atoms with E-state index in [0.29, 0.717) is 16.5 Å². The molecule has 5 heteroatoms. The monoisotopic (exact) mass is 268 g/mol. The Kier molecular flexibility index (Phi) is 4.55. The van der Waals surface area contributed by atoms with E-state index in [1.54, 1.807) is 12.3 Å². The largest absolute Gasteiger partial charge is 0.396 e. The number of hydrogen-bond donors (Lipinski definition) is 2. The number of aliphatic hydroxyl groups is 1. The van der Waals surface area contributed by atoms with Crippen LogP contribution in [0.2, 0.25) is 5.02 Å². The van der Waals surface area contributed by atoms with Gasteiger partial charge in [0.05, 0.1) is 10.6 Å². The van der Waals surface area contributed by atoms with Crippen LogP contribution in [0.15, 0.2) is 18.5 Å². The average molecular weight is 269 g/mol. The maximum atomic E-state index is 12.0. The zero-order valence-electron chi connectivity index (χ0n) is 10.1. The van der Waals surface area contributed by atoms with Crippen LogP contribution in [0.4, 0.5) is 0 Å². The van der Waals surface area contributed by atoms with Gasteiger partial charge in [-0.3, -0.25) is 9.78 Å². The van der Waals surface area contributed by atoms with Gasteiger partial charge in [-0.1, -0.05) is 11.6 Å². The quantitative estimate of drug-likeness (QED) is 0.882. The molecule has 1 aromatic rings. The topological polar surface area (TPSA) is 62.2 Å². The predicted molar refractivity (Wildman–Crippen MR) is 69.5 cm³/mol. The molecule has 1 aromatic heterocycles. The van der Waals surface area contributed by atoms with E-state index in [-0.39, 0.29) is 18.6 Å². The molecule has 2 N–H and O–H groups in total. The standard InChI is InChI=1S/C13H17ClN2O2/c14-12-7-15-6-5-11(12)13(18)16-10-3-1-9(8-17)2-4-10/h5-7,9-10,17H,1-4,8H2,(H,16,18). The highest BCUT2D eigenvalue weighted by Crippen LogP contribution is 2.24. The van der Waals surface area contributed by atoms with E-state index in [0.717, 1.165) is 25.7 Å². The molecule has 1 fully saturated rings. The number of rotatable bonds is 3. The molecule has 1 saturated carbocycles. The van der Waals surface area contributed by atoms with Gasteiger partial charge in [0.15, 0.2) is 0 Å². The summed E-state index contributed by atoms with van der Waals surface area (Å²) in [6.07, 6.45) is 6.79. The number of amides is 1. The molecule has 4 nitrogen and oxygen atoms in total. The van der Waals surface area contributed by atoms with Crippen molar-refractivity contribution in [1.29, 1.82) is 0 Å². The molecule has 1 heterocycles. The zero-order chi connectivity index (χ0) is 13.0. The van der Waals surface area contributed by atoms with Crippen molar-refractivity contribution in [2.24, 2.45) is 5.92 Å². The van der Waals surface area contributed by atoms with E-state index in [4.69, 9.17) is 16.7 Å². The summed E-state index contributed by atoms with van der Waals surface area (Å²) in [6, 6.07) is 1.81. The lowest BCUT2D eigenvalue weighted by Crippen LogP contribution is -2.38. The minimum Gasteiger partial charge on any atom is -0.396 e. The molecule has 1 aliphatic rings. The van der Waals surface area contributed by atoms with Crippen LogP contribution >= 0.6 is 11.6 Å². The number of aromatic nitrogens is 1. The molecule has 98 valence electrons. The fourth-order valence-electron chi connectivity index (χ4n) is 2.31. The van der Waals surface area contributed by atoms with Crippen molar-refractivity contribution in [3.63, 3.8) is 0 Å². The Hall–Kier alpha value is -1.13. The van der Waals surface area contributed by atoms with Gasteiger partial charge in [-0.05, 0) is 37.7 Å². The van der Waals surface area contributed by atoms with Crippen LogP contribution in [-0.4, -0.2) is 28.6 Å². The third-order valence-electron chi connectivity index (χ3n) is 3.46. The van der Waals surface area contributed by atoms with Gasteiger partial charge in [0.1, 0.15) is 0 Å². The highest BCUT2D eigenvalue weighted by molar-refractivity contribution is 6.33. The number of nitrogens with zero attached hydrogens (tertiary/aromatic N) is 1. The van der Waals surface area contributed by atoms with E-state index in [1.165, 1.54) is 6.20 Å². The number of hydrogen-bond acceptors (Lipinski definition) is 3. The fourth-order valence-corrected chi connectivity index (χ4v) is 2.52. The van der Waals surface area contributed by atoms with Gasteiger partial charge in [0.25, 0.3) is 5.91 Å². The lowest BCUT2D eigenvalue weighted by molar-refractivity contribution is 0.0914. The SMILES string of the molecule is O=C(NC1CCC(CO)CC1)c1ccncc1Cl. The first kappa shape index (κ1) is 13.3. The number of nitrogens with one attached hydrogen (secondary N) is 1. The summed E-state index contributed by atoms with van der Waals surface area (Å²) in [5.74, 6) is 0.248. The average Bonchev–Trinajstić information content (AvgIpc) is 2.40.